The number of carbonyl (C=O) groups excluding carboxylic acids is 1. The van der Waals surface area contributed by atoms with Crippen molar-refractivity contribution in [2.45, 2.75) is 37.1 Å². The molecule has 2 aliphatic rings. The predicted molar refractivity (Wildman–Crippen MR) is 101 cm³/mol. The SMILES string of the molecule is COC(=O)c1csc(N2N=C3CC[C@@H](c4ccccc4)C[C@H]3[C@@]2(O)C(F)(F)F)n1. The third-order valence-corrected chi connectivity index (χ3v) is 6.28. The van der Waals surface area contributed by atoms with E-state index in [1.807, 2.05) is 30.3 Å². The quantitative estimate of drug-likeness (QED) is 0.754. The van der Waals surface area contributed by atoms with Gasteiger partial charge in [-0.1, -0.05) is 30.3 Å². The van der Waals surface area contributed by atoms with Crippen molar-refractivity contribution in [3.63, 3.8) is 0 Å². The number of thiazole rings is 1. The molecule has 1 fully saturated rings. The minimum Gasteiger partial charge on any atom is -0.464 e. The van der Waals surface area contributed by atoms with Crippen LogP contribution in [0.1, 0.15) is 41.2 Å². The van der Waals surface area contributed by atoms with Crippen molar-refractivity contribution in [1.82, 2.24) is 4.98 Å². The van der Waals surface area contributed by atoms with Crippen LogP contribution in [0.3, 0.4) is 0 Å². The summed E-state index contributed by atoms with van der Waals surface area (Å²) in [6, 6.07) is 9.31. The molecule has 1 saturated carbocycles. The second-order valence-electron chi connectivity index (χ2n) is 7.07. The van der Waals surface area contributed by atoms with Crippen molar-refractivity contribution in [3.8, 4) is 0 Å². The number of aromatic nitrogens is 1. The van der Waals surface area contributed by atoms with Gasteiger partial charge in [-0.25, -0.2) is 9.78 Å². The lowest BCUT2D eigenvalue weighted by molar-refractivity contribution is -0.269. The number of ether oxygens (including phenoxy) is 1. The number of alkyl halides is 3. The minimum atomic E-state index is -4.97. The van der Waals surface area contributed by atoms with Crippen LogP contribution in [0.4, 0.5) is 18.3 Å². The lowest BCUT2D eigenvalue weighted by Crippen LogP contribution is -2.60. The van der Waals surface area contributed by atoms with Gasteiger partial charge in [0.2, 0.25) is 5.13 Å². The number of esters is 1. The standard InChI is InChI=1S/C19H18F3N3O3S/c1-28-16(26)15-10-29-17(23-15)25-18(27,19(20,21)22)13-9-12(7-8-14(13)24-25)11-5-3-2-4-6-11/h2-6,10,12-13,27H,7-9H2,1H3/t12-,13-,18-/m1/s1. The molecule has 29 heavy (non-hydrogen) atoms. The molecule has 3 atom stereocenters. The Labute approximate surface area is 168 Å². The number of hydrazone groups is 1. The van der Waals surface area contributed by atoms with Gasteiger partial charge in [0.1, 0.15) is 0 Å². The molecule has 2 aromatic rings. The van der Waals surface area contributed by atoms with Crippen molar-refractivity contribution >= 4 is 28.1 Å². The summed E-state index contributed by atoms with van der Waals surface area (Å²) in [6.07, 6.45) is -3.87. The predicted octanol–water partition coefficient (Wildman–Crippen LogP) is 3.94. The number of nitrogens with zero attached hydrogens (tertiary/aromatic N) is 3. The molecule has 1 aliphatic heterocycles. The molecule has 0 amide bonds. The van der Waals surface area contributed by atoms with E-state index in [4.69, 9.17) is 0 Å². The summed E-state index contributed by atoms with van der Waals surface area (Å²) in [5.41, 5.74) is -2.11. The molecule has 154 valence electrons. The summed E-state index contributed by atoms with van der Waals surface area (Å²) in [7, 11) is 1.15. The Morgan fingerprint density at radius 3 is 2.72 bits per heavy atom. The number of rotatable bonds is 3. The molecule has 0 radical (unpaired) electrons. The summed E-state index contributed by atoms with van der Waals surface area (Å²) < 4.78 is 47.0. The second kappa shape index (κ2) is 7.10. The Balaban J connectivity index is 1.70. The van der Waals surface area contributed by atoms with Crippen molar-refractivity contribution in [2.75, 3.05) is 12.1 Å². The number of hydrogen-bond acceptors (Lipinski definition) is 7. The molecule has 6 nitrogen and oxygen atoms in total. The highest BCUT2D eigenvalue weighted by Gasteiger charge is 2.68. The number of anilines is 1. The Kier molecular flexibility index (Phi) is 4.86. The molecule has 1 aromatic carbocycles. The molecule has 1 N–H and O–H groups in total. The molecule has 0 bridgehead atoms. The molecule has 4 rings (SSSR count). The van der Waals surface area contributed by atoms with E-state index in [1.165, 1.54) is 5.38 Å². The first-order valence-corrected chi connectivity index (χ1v) is 9.89. The molecule has 1 aromatic heterocycles. The number of methoxy groups -OCH3 is 1. The van der Waals surface area contributed by atoms with E-state index in [1.54, 1.807) is 0 Å². The fraction of sp³-hybridized carbons (Fsp3) is 0.421. The summed E-state index contributed by atoms with van der Waals surface area (Å²) in [6.45, 7) is 0. The van der Waals surface area contributed by atoms with Gasteiger partial charge in [-0.2, -0.15) is 23.3 Å². The average molecular weight is 425 g/mol. The average Bonchev–Trinajstić information content (AvgIpc) is 3.31. The summed E-state index contributed by atoms with van der Waals surface area (Å²) >= 11 is 0.798. The highest BCUT2D eigenvalue weighted by Crippen LogP contribution is 2.52. The van der Waals surface area contributed by atoms with Gasteiger partial charge in [0, 0.05) is 11.1 Å². The Hall–Kier alpha value is -2.46. The van der Waals surface area contributed by atoms with E-state index < -0.39 is 23.8 Å². The largest absolute Gasteiger partial charge is 0.464 e. The van der Waals surface area contributed by atoms with Gasteiger partial charge in [-0.3, -0.25) is 0 Å². The molecule has 10 heteroatoms. The van der Waals surface area contributed by atoms with E-state index in [-0.39, 0.29) is 23.2 Å². The highest BCUT2D eigenvalue weighted by atomic mass is 32.1. The fourth-order valence-corrected chi connectivity index (χ4v) is 4.79. The molecule has 0 unspecified atom stereocenters. The van der Waals surface area contributed by atoms with Crippen LogP contribution in [0, 0.1) is 5.92 Å². The first kappa shape index (κ1) is 19.8. The smallest absolute Gasteiger partial charge is 0.439 e. The van der Waals surface area contributed by atoms with Crippen LogP contribution in [0.25, 0.3) is 0 Å². The Morgan fingerprint density at radius 2 is 2.07 bits per heavy atom. The Morgan fingerprint density at radius 1 is 1.34 bits per heavy atom. The van der Waals surface area contributed by atoms with Crippen LogP contribution < -0.4 is 5.01 Å². The maximum atomic E-state index is 14.1. The van der Waals surface area contributed by atoms with Gasteiger partial charge < -0.3 is 9.84 Å². The number of benzene rings is 1. The highest BCUT2D eigenvalue weighted by molar-refractivity contribution is 7.14. The molecule has 0 spiro atoms. The molecule has 2 heterocycles. The lowest BCUT2D eigenvalue weighted by atomic mass is 9.73. The number of aliphatic hydroxyl groups is 1. The summed E-state index contributed by atoms with van der Waals surface area (Å²) in [4.78, 5) is 15.5. The van der Waals surface area contributed by atoms with Gasteiger partial charge in [0.25, 0.3) is 5.72 Å². The first-order chi connectivity index (χ1) is 13.8. The lowest BCUT2D eigenvalue weighted by Gasteiger charge is -2.39. The third-order valence-electron chi connectivity index (χ3n) is 5.46. The first-order valence-electron chi connectivity index (χ1n) is 9.01. The van der Waals surface area contributed by atoms with Crippen LogP contribution in [0.15, 0.2) is 40.8 Å². The van der Waals surface area contributed by atoms with E-state index in [9.17, 15) is 23.1 Å². The number of fused-ring (bicyclic) bond motifs is 1. The monoisotopic (exact) mass is 425 g/mol. The number of halogens is 3. The van der Waals surface area contributed by atoms with Crippen molar-refractivity contribution in [2.24, 2.45) is 11.0 Å². The third kappa shape index (κ3) is 3.20. The van der Waals surface area contributed by atoms with Gasteiger partial charge >= 0.3 is 12.1 Å². The van der Waals surface area contributed by atoms with E-state index >= 15 is 0 Å². The molecular weight excluding hydrogens is 407 g/mol. The zero-order valence-corrected chi connectivity index (χ0v) is 16.2. The van der Waals surface area contributed by atoms with Crippen LogP contribution in [0.5, 0.6) is 0 Å². The normalized spacial score (nSPS) is 26.8. The number of carbonyl (C=O) groups is 1. The zero-order chi connectivity index (χ0) is 20.8. The Bertz CT molecular complexity index is 947. The van der Waals surface area contributed by atoms with Crippen LogP contribution in [0.2, 0.25) is 0 Å². The van der Waals surface area contributed by atoms with Crippen LogP contribution in [-0.4, -0.2) is 40.8 Å². The van der Waals surface area contributed by atoms with E-state index in [0.29, 0.717) is 23.6 Å². The van der Waals surface area contributed by atoms with Gasteiger partial charge in [0.15, 0.2) is 5.69 Å². The van der Waals surface area contributed by atoms with Crippen LogP contribution in [-0.2, 0) is 4.74 Å². The minimum absolute atomic E-state index is 0.115. The zero-order valence-electron chi connectivity index (χ0n) is 15.4. The van der Waals surface area contributed by atoms with Gasteiger partial charge in [0.05, 0.1) is 13.0 Å². The maximum absolute atomic E-state index is 14.1. The van der Waals surface area contributed by atoms with E-state index in [0.717, 1.165) is 24.0 Å². The maximum Gasteiger partial charge on any atom is 0.439 e. The molecule has 1 aliphatic carbocycles. The molecular formula is C19H18F3N3O3S. The van der Waals surface area contributed by atoms with Crippen molar-refractivity contribution in [3.05, 3.63) is 47.0 Å². The topological polar surface area (TPSA) is 75.0 Å². The second-order valence-corrected chi connectivity index (χ2v) is 7.91. The van der Waals surface area contributed by atoms with Gasteiger partial charge in [-0.05, 0) is 30.7 Å². The van der Waals surface area contributed by atoms with Crippen LogP contribution >= 0.6 is 11.3 Å². The summed E-state index contributed by atoms with van der Waals surface area (Å²) in [5, 5.41) is 16.6. The molecule has 0 saturated heterocycles. The fourth-order valence-electron chi connectivity index (χ4n) is 4.00. The van der Waals surface area contributed by atoms with Crippen molar-refractivity contribution in [1.29, 1.82) is 0 Å². The van der Waals surface area contributed by atoms with E-state index in [2.05, 4.69) is 14.8 Å². The summed E-state index contributed by atoms with van der Waals surface area (Å²) in [5.74, 6) is -2.10. The van der Waals surface area contributed by atoms with Gasteiger partial charge in [-0.15, -0.1) is 11.3 Å². The number of hydrogen-bond donors (Lipinski definition) is 1. The van der Waals surface area contributed by atoms with Crippen molar-refractivity contribution < 1.29 is 27.8 Å².